The highest BCUT2D eigenvalue weighted by Crippen LogP contribution is 1.76. The van der Waals surface area contributed by atoms with Crippen LogP contribution in [0.15, 0.2) is 11.8 Å². The molecule has 0 aliphatic rings. The number of nitrogens with two attached hydrogens (primary N) is 1. The van der Waals surface area contributed by atoms with Crippen LogP contribution in [0.25, 0.3) is 0 Å². The molecule has 0 heterocycles. The number of carbonyl (C=O) groups is 1. The van der Waals surface area contributed by atoms with E-state index >= 15 is 0 Å². The second kappa shape index (κ2) is 3.07. The Labute approximate surface area is 48.6 Å². The van der Waals surface area contributed by atoms with Gasteiger partial charge in [-0.25, -0.2) is 0 Å². The molecule has 3 heteroatoms. The van der Waals surface area contributed by atoms with E-state index in [0.717, 1.165) is 0 Å². The Morgan fingerprint density at radius 2 is 2.25 bits per heavy atom. The van der Waals surface area contributed by atoms with Crippen LogP contribution in [-0.2, 0) is 4.79 Å². The fraction of sp³-hybridized carbons (Fsp3) is 0.400. The van der Waals surface area contributed by atoms with Gasteiger partial charge in [-0.2, -0.15) is 0 Å². The van der Waals surface area contributed by atoms with Crippen LogP contribution >= 0.6 is 0 Å². The number of nitrogens with one attached hydrogen (secondary N) is 1. The molecule has 0 saturated carbocycles. The lowest BCUT2D eigenvalue weighted by atomic mass is 10.4. The first-order valence-corrected chi connectivity index (χ1v) is 2.32. The van der Waals surface area contributed by atoms with Crippen molar-refractivity contribution in [2.24, 2.45) is 5.73 Å². The van der Waals surface area contributed by atoms with Gasteiger partial charge in [0.15, 0.2) is 0 Å². The number of hydrogen-bond acceptors (Lipinski definition) is 2. The molecule has 0 saturated heterocycles. The molecule has 1 amide bonds. The largest absolute Gasteiger partial charge is 0.402 e. The topological polar surface area (TPSA) is 55.1 Å². The maximum atomic E-state index is 10.4. The lowest BCUT2D eigenvalue weighted by Crippen LogP contribution is -2.15. The summed E-state index contributed by atoms with van der Waals surface area (Å²) in [5, 5.41) is 2.40. The molecule has 0 bridgehead atoms. The number of amides is 1. The molecule has 3 N–H and O–H groups in total. The van der Waals surface area contributed by atoms with Gasteiger partial charge < -0.3 is 11.1 Å². The molecule has 8 heavy (non-hydrogen) atoms. The van der Waals surface area contributed by atoms with Crippen LogP contribution in [0.4, 0.5) is 0 Å². The van der Waals surface area contributed by atoms with Crippen molar-refractivity contribution in [3.8, 4) is 0 Å². The van der Waals surface area contributed by atoms with Crippen LogP contribution in [0, 0.1) is 0 Å². The molecule has 0 aliphatic heterocycles. The Morgan fingerprint density at radius 1 is 1.75 bits per heavy atom. The van der Waals surface area contributed by atoms with E-state index in [1.807, 2.05) is 0 Å². The van der Waals surface area contributed by atoms with Gasteiger partial charge in [-0.3, -0.25) is 4.79 Å². The van der Waals surface area contributed by atoms with E-state index in [1.54, 1.807) is 14.0 Å². The van der Waals surface area contributed by atoms with Crippen LogP contribution in [0.2, 0.25) is 0 Å². The fourth-order valence-electron chi connectivity index (χ4n) is 0.279. The van der Waals surface area contributed by atoms with Crippen molar-refractivity contribution in [2.75, 3.05) is 7.05 Å². The van der Waals surface area contributed by atoms with Gasteiger partial charge in [0.05, 0.1) is 0 Å². The maximum Gasteiger partial charge on any atom is 0.245 e. The number of likely N-dealkylation sites (N-methyl/N-ethyl adjacent to an activating group) is 1. The first-order valence-electron chi connectivity index (χ1n) is 2.32. The third-order valence-corrected chi connectivity index (χ3v) is 0.605. The third kappa shape index (κ3) is 3.21. The molecule has 0 unspecified atom stereocenters. The summed E-state index contributed by atoms with van der Waals surface area (Å²) in [6.07, 6.45) is 1.33. The van der Waals surface area contributed by atoms with Crippen molar-refractivity contribution in [2.45, 2.75) is 6.92 Å². The number of hydrogen-bond donors (Lipinski definition) is 2. The summed E-state index contributed by atoms with van der Waals surface area (Å²) in [5.41, 5.74) is 5.69. The summed E-state index contributed by atoms with van der Waals surface area (Å²) >= 11 is 0. The van der Waals surface area contributed by atoms with Crippen LogP contribution < -0.4 is 11.1 Å². The second-order valence-electron chi connectivity index (χ2n) is 1.50. The van der Waals surface area contributed by atoms with Gasteiger partial charge in [0.25, 0.3) is 0 Å². The Morgan fingerprint density at radius 3 is 2.38 bits per heavy atom. The molecule has 0 fully saturated rings. The number of allylic oxidation sites excluding steroid dienone is 1. The molecule has 0 aromatic heterocycles. The molecule has 3 nitrogen and oxygen atoms in total. The highest BCUT2D eigenvalue weighted by atomic mass is 16.1. The monoisotopic (exact) mass is 114 g/mol. The molecule has 0 aliphatic carbocycles. The van der Waals surface area contributed by atoms with Gasteiger partial charge in [0.1, 0.15) is 0 Å². The summed E-state index contributed by atoms with van der Waals surface area (Å²) in [6, 6.07) is 0. The SMILES string of the molecule is CNC(=O)C=C(C)N. The summed E-state index contributed by atoms with van der Waals surface area (Å²) < 4.78 is 0. The average Bonchev–Trinajstić information content (AvgIpc) is 1.65. The molecule has 0 spiro atoms. The minimum atomic E-state index is -0.162. The van der Waals surface area contributed by atoms with E-state index in [1.165, 1.54) is 6.08 Å². The van der Waals surface area contributed by atoms with Crippen LogP contribution in [-0.4, -0.2) is 13.0 Å². The first-order chi connectivity index (χ1) is 3.66. The smallest absolute Gasteiger partial charge is 0.245 e. The standard InChI is InChI=1S/C5H10N2O/c1-4(6)3-5(8)7-2/h3H,6H2,1-2H3,(H,7,8). The normalized spacial score (nSPS) is 11.0. The van der Waals surface area contributed by atoms with Gasteiger partial charge >= 0.3 is 0 Å². The van der Waals surface area contributed by atoms with Crippen molar-refractivity contribution in [3.63, 3.8) is 0 Å². The molecule has 0 atom stereocenters. The minimum absolute atomic E-state index is 0.162. The zero-order valence-electron chi connectivity index (χ0n) is 5.06. The predicted octanol–water partition coefficient (Wildman–Crippen LogP) is -0.405. The van der Waals surface area contributed by atoms with Gasteiger partial charge in [-0.1, -0.05) is 0 Å². The molecule has 0 aromatic rings. The zero-order valence-corrected chi connectivity index (χ0v) is 5.06. The highest BCUT2D eigenvalue weighted by molar-refractivity contribution is 5.87. The first kappa shape index (κ1) is 7.01. The Bertz CT molecular complexity index is 114. The van der Waals surface area contributed by atoms with Gasteiger partial charge in [0, 0.05) is 18.8 Å². The van der Waals surface area contributed by atoms with Crippen molar-refractivity contribution in [1.82, 2.24) is 5.32 Å². The quantitative estimate of drug-likeness (QED) is 0.455. The molecule has 0 radical (unpaired) electrons. The third-order valence-electron chi connectivity index (χ3n) is 0.605. The van der Waals surface area contributed by atoms with E-state index < -0.39 is 0 Å². The summed E-state index contributed by atoms with van der Waals surface area (Å²) in [4.78, 5) is 10.4. The summed E-state index contributed by atoms with van der Waals surface area (Å²) in [7, 11) is 1.56. The zero-order chi connectivity index (χ0) is 6.57. The molecule has 46 valence electrons. The van der Waals surface area contributed by atoms with E-state index in [4.69, 9.17) is 5.73 Å². The predicted molar refractivity (Wildman–Crippen MR) is 32.0 cm³/mol. The maximum absolute atomic E-state index is 10.4. The van der Waals surface area contributed by atoms with Gasteiger partial charge in [-0.15, -0.1) is 0 Å². The summed E-state index contributed by atoms with van der Waals surface area (Å²) in [5.74, 6) is -0.162. The van der Waals surface area contributed by atoms with E-state index in [-0.39, 0.29) is 5.91 Å². The Kier molecular flexibility index (Phi) is 2.69. The van der Waals surface area contributed by atoms with Crippen molar-refractivity contribution in [3.05, 3.63) is 11.8 Å². The molecule has 0 rings (SSSR count). The van der Waals surface area contributed by atoms with Crippen molar-refractivity contribution >= 4 is 5.91 Å². The van der Waals surface area contributed by atoms with Crippen LogP contribution in [0.5, 0.6) is 0 Å². The van der Waals surface area contributed by atoms with Crippen molar-refractivity contribution in [1.29, 1.82) is 0 Å². The molecular formula is C5H10N2O. The van der Waals surface area contributed by atoms with E-state index in [0.29, 0.717) is 5.70 Å². The fourth-order valence-corrected chi connectivity index (χ4v) is 0.279. The minimum Gasteiger partial charge on any atom is -0.402 e. The van der Waals surface area contributed by atoms with Gasteiger partial charge in [0.2, 0.25) is 5.91 Å². The second-order valence-corrected chi connectivity index (χ2v) is 1.50. The Balaban J connectivity index is 3.70. The summed E-state index contributed by atoms with van der Waals surface area (Å²) in [6.45, 7) is 1.66. The van der Waals surface area contributed by atoms with Crippen LogP contribution in [0.1, 0.15) is 6.92 Å². The lowest BCUT2D eigenvalue weighted by molar-refractivity contribution is -0.116. The molecule has 0 aromatic carbocycles. The van der Waals surface area contributed by atoms with E-state index in [9.17, 15) is 4.79 Å². The van der Waals surface area contributed by atoms with Gasteiger partial charge in [-0.05, 0) is 6.92 Å². The van der Waals surface area contributed by atoms with Crippen LogP contribution in [0.3, 0.4) is 0 Å². The number of carbonyl (C=O) groups excluding carboxylic acids is 1. The average molecular weight is 114 g/mol. The lowest BCUT2D eigenvalue weighted by Gasteiger charge is -1.89. The number of rotatable bonds is 1. The highest BCUT2D eigenvalue weighted by Gasteiger charge is 1.87. The van der Waals surface area contributed by atoms with Crippen molar-refractivity contribution < 1.29 is 4.79 Å². The van der Waals surface area contributed by atoms with E-state index in [2.05, 4.69) is 5.32 Å². The Hall–Kier alpha value is -0.990. The molecular weight excluding hydrogens is 104 g/mol.